The Morgan fingerprint density at radius 2 is 1.62 bits per heavy atom. The van der Waals surface area contributed by atoms with Crippen LogP contribution < -0.4 is 10.2 Å². The Morgan fingerprint density at radius 1 is 0.971 bits per heavy atom. The normalized spacial score (nSPS) is 18.6. The van der Waals surface area contributed by atoms with E-state index in [1.165, 1.54) is 23.2 Å². The van der Waals surface area contributed by atoms with E-state index in [2.05, 4.69) is 84.4 Å². The maximum atomic E-state index is 13.3. The molecule has 1 amide bonds. The lowest BCUT2D eigenvalue weighted by molar-refractivity contribution is -0.127. The van der Waals surface area contributed by atoms with E-state index in [0.29, 0.717) is 0 Å². The minimum atomic E-state index is 0.0208. The molecule has 176 valence electrons. The lowest BCUT2D eigenvalue weighted by atomic mass is 9.74. The number of anilines is 1. The number of benzene rings is 3. The number of hydrogen-bond donors (Lipinski definition) is 1. The van der Waals surface area contributed by atoms with Crippen molar-refractivity contribution in [2.45, 2.75) is 51.1 Å². The number of carbonyl (C=O) groups excluding carboxylic acids is 1. The first-order valence-corrected chi connectivity index (χ1v) is 12.5. The number of carbonyl (C=O) groups is 1. The first kappa shape index (κ1) is 23.8. The molecule has 1 saturated carbocycles. The van der Waals surface area contributed by atoms with Crippen LogP contribution in [0.3, 0.4) is 0 Å². The summed E-state index contributed by atoms with van der Waals surface area (Å²) < 4.78 is 0. The van der Waals surface area contributed by atoms with E-state index in [4.69, 9.17) is 0 Å². The summed E-state index contributed by atoms with van der Waals surface area (Å²) in [6.07, 6.45) is 6.29. The highest BCUT2D eigenvalue weighted by Gasteiger charge is 2.32. The Kier molecular flexibility index (Phi) is 8.19. The van der Waals surface area contributed by atoms with Crippen molar-refractivity contribution in [1.82, 2.24) is 5.32 Å². The average Bonchev–Trinajstić information content (AvgIpc) is 2.90. The summed E-state index contributed by atoms with van der Waals surface area (Å²) in [6.45, 7) is 7.63. The van der Waals surface area contributed by atoms with Crippen LogP contribution in [-0.2, 0) is 11.3 Å². The minimum absolute atomic E-state index is 0.0208. The Bertz CT molecular complexity index is 1050. The highest BCUT2D eigenvalue weighted by atomic mass is 16.1. The van der Waals surface area contributed by atoms with E-state index in [-0.39, 0.29) is 23.8 Å². The molecule has 0 spiro atoms. The molecule has 3 aromatic rings. The molecule has 3 atom stereocenters. The van der Waals surface area contributed by atoms with E-state index < -0.39 is 0 Å². The van der Waals surface area contributed by atoms with Gasteiger partial charge in [0.2, 0.25) is 5.91 Å². The molecule has 3 aromatic carbocycles. The molecule has 0 radical (unpaired) electrons. The van der Waals surface area contributed by atoms with E-state index >= 15 is 0 Å². The zero-order valence-corrected chi connectivity index (χ0v) is 20.2. The third-order valence-corrected chi connectivity index (χ3v) is 7.01. The third kappa shape index (κ3) is 5.96. The molecule has 0 aliphatic heterocycles. The van der Waals surface area contributed by atoms with Crippen LogP contribution in [0.2, 0.25) is 0 Å². The summed E-state index contributed by atoms with van der Waals surface area (Å²) in [6, 6.07) is 29.6. The lowest BCUT2D eigenvalue weighted by Crippen LogP contribution is -2.37. The molecule has 0 heterocycles. The molecule has 1 aliphatic rings. The fourth-order valence-corrected chi connectivity index (χ4v) is 5.14. The van der Waals surface area contributed by atoms with Crippen LogP contribution in [-0.4, -0.2) is 12.5 Å². The first-order chi connectivity index (χ1) is 16.7. The van der Waals surface area contributed by atoms with Gasteiger partial charge in [-0.3, -0.25) is 4.79 Å². The van der Waals surface area contributed by atoms with Gasteiger partial charge in [-0.2, -0.15) is 0 Å². The van der Waals surface area contributed by atoms with Gasteiger partial charge in [0.15, 0.2) is 0 Å². The predicted octanol–water partition coefficient (Wildman–Crippen LogP) is 7.03. The molecule has 0 aromatic heterocycles. The number of hydrogen-bond acceptors (Lipinski definition) is 2. The van der Waals surface area contributed by atoms with Crippen molar-refractivity contribution in [2.75, 3.05) is 11.4 Å². The number of nitrogens with one attached hydrogen (secondary N) is 1. The van der Waals surface area contributed by atoms with E-state index in [0.717, 1.165) is 37.9 Å². The maximum absolute atomic E-state index is 13.3. The van der Waals surface area contributed by atoms with Crippen LogP contribution in [0.15, 0.2) is 97.6 Å². The molecule has 4 rings (SSSR count). The molecule has 3 heteroatoms. The van der Waals surface area contributed by atoms with Crippen molar-refractivity contribution in [3.8, 4) is 0 Å². The standard InChI is InChI=1S/C31H36N2O/c1-3-22-33(28-14-8-5-9-15-28)23-25-18-20-27(21-19-25)29-16-10-11-17-30(29)31(34)32-24(2)26-12-6-4-7-13-26/h3-9,12-15,18-21,24,29-30H,1,10-11,16-17,22-23H2,2H3,(H,32,34)/t24?,29-,30+/m1/s1. The summed E-state index contributed by atoms with van der Waals surface area (Å²) in [4.78, 5) is 15.6. The summed E-state index contributed by atoms with van der Waals surface area (Å²) in [5.74, 6) is 0.503. The van der Waals surface area contributed by atoms with Crippen LogP contribution in [0.4, 0.5) is 5.69 Å². The Morgan fingerprint density at radius 3 is 2.29 bits per heavy atom. The minimum Gasteiger partial charge on any atom is -0.363 e. The van der Waals surface area contributed by atoms with Crippen LogP contribution >= 0.6 is 0 Å². The van der Waals surface area contributed by atoms with Crippen molar-refractivity contribution < 1.29 is 4.79 Å². The van der Waals surface area contributed by atoms with Crippen molar-refractivity contribution >= 4 is 11.6 Å². The van der Waals surface area contributed by atoms with Gasteiger partial charge in [-0.15, -0.1) is 6.58 Å². The fraction of sp³-hybridized carbons (Fsp3) is 0.323. The quantitative estimate of drug-likeness (QED) is 0.353. The van der Waals surface area contributed by atoms with Crippen molar-refractivity contribution in [2.24, 2.45) is 5.92 Å². The highest BCUT2D eigenvalue weighted by molar-refractivity contribution is 5.80. The largest absolute Gasteiger partial charge is 0.363 e. The number of nitrogens with zero attached hydrogens (tertiary/aromatic N) is 1. The van der Waals surface area contributed by atoms with Crippen molar-refractivity contribution in [1.29, 1.82) is 0 Å². The van der Waals surface area contributed by atoms with Gasteiger partial charge < -0.3 is 10.2 Å². The molecule has 1 N–H and O–H groups in total. The number of rotatable bonds is 9. The Balaban J connectivity index is 1.44. The van der Waals surface area contributed by atoms with Crippen LogP contribution in [0.25, 0.3) is 0 Å². The predicted molar refractivity (Wildman–Crippen MR) is 142 cm³/mol. The van der Waals surface area contributed by atoms with Gasteiger partial charge in [0.05, 0.1) is 6.04 Å². The van der Waals surface area contributed by atoms with E-state index in [1.807, 2.05) is 30.3 Å². The lowest BCUT2D eigenvalue weighted by Gasteiger charge is -2.32. The smallest absolute Gasteiger partial charge is 0.224 e. The second kappa shape index (κ2) is 11.7. The van der Waals surface area contributed by atoms with Gasteiger partial charge >= 0.3 is 0 Å². The second-order valence-corrected chi connectivity index (χ2v) is 9.38. The zero-order chi connectivity index (χ0) is 23.8. The summed E-state index contributed by atoms with van der Waals surface area (Å²) in [5.41, 5.74) is 4.90. The van der Waals surface area contributed by atoms with E-state index in [9.17, 15) is 4.79 Å². The van der Waals surface area contributed by atoms with Gasteiger partial charge in [-0.05, 0) is 54.5 Å². The molecule has 0 bridgehead atoms. The zero-order valence-electron chi connectivity index (χ0n) is 20.2. The summed E-state index contributed by atoms with van der Waals surface area (Å²) in [5, 5.41) is 3.28. The molecule has 1 aliphatic carbocycles. The molecular weight excluding hydrogens is 416 g/mol. The van der Waals surface area contributed by atoms with Gasteiger partial charge in [0, 0.05) is 24.7 Å². The molecule has 1 fully saturated rings. The average molecular weight is 453 g/mol. The third-order valence-electron chi connectivity index (χ3n) is 7.01. The SMILES string of the molecule is C=CCN(Cc1ccc([C@H]2CCCC[C@@H]2C(=O)NC(C)c2ccccc2)cc1)c1ccccc1. The van der Waals surface area contributed by atoms with Gasteiger partial charge in [0.25, 0.3) is 0 Å². The van der Waals surface area contributed by atoms with Crippen molar-refractivity contribution in [3.05, 3.63) is 114 Å². The Hall–Kier alpha value is -3.33. The molecule has 34 heavy (non-hydrogen) atoms. The van der Waals surface area contributed by atoms with Crippen LogP contribution in [0, 0.1) is 5.92 Å². The first-order valence-electron chi connectivity index (χ1n) is 12.5. The number of para-hydroxylation sites is 1. The summed E-state index contributed by atoms with van der Waals surface area (Å²) >= 11 is 0. The monoisotopic (exact) mass is 452 g/mol. The topological polar surface area (TPSA) is 32.3 Å². The number of amides is 1. The second-order valence-electron chi connectivity index (χ2n) is 9.38. The molecule has 0 saturated heterocycles. The molecular formula is C31H36N2O. The van der Waals surface area contributed by atoms with E-state index in [1.54, 1.807) is 0 Å². The molecule has 3 nitrogen and oxygen atoms in total. The van der Waals surface area contributed by atoms with Crippen LogP contribution in [0.1, 0.15) is 61.3 Å². The van der Waals surface area contributed by atoms with Gasteiger partial charge in [-0.1, -0.05) is 91.7 Å². The highest BCUT2D eigenvalue weighted by Crippen LogP contribution is 2.38. The maximum Gasteiger partial charge on any atom is 0.224 e. The van der Waals surface area contributed by atoms with Crippen LogP contribution in [0.5, 0.6) is 0 Å². The fourth-order valence-electron chi connectivity index (χ4n) is 5.14. The van der Waals surface area contributed by atoms with Crippen molar-refractivity contribution in [3.63, 3.8) is 0 Å². The Labute approximate surface area is 204 Å². The van der Waals surface area contributed by atoms with Gasteiger partial charge in [0.1, 0.15) is 0 Å². The van der Waals surface area contributed by atoms with Gasteiger partial charge in [-0.25, -0.2) is 0 Å². The summed E-state index contributed by atoms with van der Waals surface area (Å²) in [7, 11) is 0. The molecule has 1 unspecified atom stereocenters.